The van der Waals surface area contributed by atoms with E-state index in [4.69, 9.17) is 9.84 Å². The van der Waals surface area contributed by atoms with Crippen molar-refractivity contribution in [3.05, 3.63) is 23.8 Å². The van der Waals surface area contributed by atoms with Crippen molar-refractivity contribution in [2.24, 2.45) is 0 Å². The number of rotatable bonds is 4. The molecule has 0 unspecified atom stereocenters. The molecule has 0 radical (unpaired) electrons. The lowest BCUT2D eigenvalue weighted by Crippen LogP contribution is -2.09. The van der Waals surface area contributed by atoms with Gasteiger partial charge in [0.1, 0.15) is 0 Å². The normalized spacial score (nSPS) is 9.67. The van der Waals surface area contributed by atoms with Gasteiger partial charge in [0.15, 0.2) is 0 Å². The minimum atomic E-state index is -1.20. The Bertz CT molecular complexity index is 361. The second kappa shape index (κ2) is 5.04. The summed E-state index contributed by atoms with van der Waals surface area (Å²) in [6, 6.07) is 0. The minimum absolute atomic E-state index is 0.0493. The Hall–Kier alpha value is -1.98. The van der Waals surface area contributed by atoms with Crippen LogP contribution in [-0.4, -0.2) is 33.6 Å². The van der Waals surface area contributed by atoms with E-state index in [1.165, 1.54) is 12.4 Å². The number of hydrogen-bond acceptors (Lipinski definition) is 5. The van der Waals surface area contributed by atoms with E-state index in [2.05, 4.69) is 9.97 Å². The zero-order chi connectivity index (χ0) is 11.3. The Labute approximate surface area is 85.9 Å². The van der Waals surface area contributed by atoms with E-state index >= 15 is 0 Å². The molecule has 1 aromatic rings. The number of carboxylic acids is 1. The van der Waals surface area contributed by atoms with E-state index < -0.39 is 5.97 Å². The molecule has 0 fully saturated rings. The maximum absolute atomic E-state index is 11.0. The molecule has 6 nitrogen and oxygen atoms in total. The van der Waals surface area contributed by atoms with Gasteiger partial charge in [-0.3, -0.25) is 4.79 Å². The highest BCUT2D eigenvalue weighted by Gasteiger charge is 2.08. The van der Waals surface area contributed by atoms with Crippen LogP contribution in [0.4, 0.5) is 0 Å². The molecule has 1 aromatic heterocycles. The van der Waals surface area contributed by atoms with Gasteiger partial charge in [-0.2, -0.15) is 0 Å². The van der Waals surface area contributed by atoms with E-state index in [1.807, 2.05) is 0 Å². The van der Waals surface area contributed by atoms with E-state index in [9.17, 15) is 9.59 Å². The van der Waals surface area contributed by atoms with Crippen molar-refractivity contribution >= 4 is 11.9 Å². The molecule has 0 atom stereocenters. The zero-order valence-electron chi connectivity index (χ0n) is 8.14. The van der Waals surface area contributed by atoms with Gasteiger partial charge in [-0.25, -0.2) is 14.8 Å². The summed E-state index contributed by atoms with van der Waals surface area (Å²) in [6.07, 6.45) is 2.65. The van der Waals surface area contributed by atoms with Crippen LogP contribution in [0.5, 0.6) is 0 Å². The minimum Gasteiger partial charge on any atom is -0.475 e. The fourth-order valence-corrected chi connectivity index (χ4v) is 0.935. The summed E-state index contributed by atoms with van der Waals surface area (Å²) in [4.78, 5) is 28.6. The van der Waals surface area contributed by atoms with Crippen molar-refractivity contribution in [1.29, 1.82) is 0 Å². The monoisotopic (exact) mass is 210 g/mol. The van der Waals surface area contributed by atoms with Crippen LogP contribution in [0, 0.1) is 0 Å². The third-order valence-corrected chi connectivity index (χ3v) is 1.55. The van der Waals surface area contributed by atoms with Gasteiger partial charge < -0.3 is 9.84 Å². The molecule has 1 rings (SSSR count). The van der Waals surface area contributed by atoms with Crippen molar-refractivity contribution in [2.75, 3.05) is 6.61 Å². The van der Waals surface area contributed by atoms with Gasteiger partial charge in [0, 0.05) is 12.4 Å². The molecule has 0 bridgehead atoms. The summed E-state index contributed by atoms with van der Waals surface area (Å²) >= 11 is 0. The van der Waals surface area contributed by atoms with E-state index in [0.717, 1.165) is 0 Å². The summed E-state index contributed by atoms with van der Waals surface area (Å²) in [5, 5.41) is 8.53. The second-order valence-corrected chi connectivity index (χ2v) is 2.70. The summed E-state index contributed by atoms with van der Waals surface area (Å²) in [5.41, 5.74) is 0.526. The number of carbonyl (C=O) groups excluding carboxylic acids is 1. The summed E-state index contributed by atoms with van der Waals surface area (Å²) < 4.78 is 4.71. The lowest BCUT2D eigenvalue weighted by Gasteiger charge is -2.01. The van der Waals surface area contributed by atoms with E-state index in [1.54, 1.807) is 6.92 Å². The second-order valence-electron chi connectivity index (χ2n) is 2.70. The number of carbonyl (C=O) groups is 2. The van der Waals surface area contributed by atoms with Crippen LogP contribution in [0.25, 0.3) is 0 Å². The number of nitrogens with zero attached hydrogens (tertiary/aromatic N) is 2. The quantitative estimate of drug-likeness (QED) is 0.718. The standard InChI is InChI=1S/C9H10N2O4/c1-2-15-7(12)3-6-4-10-8(9(13)14)11-5-6/h4-5H,2-3H2,1H3,(H,13,14). The number of aromatic nitrogens is 2. The lowest BCUT2D eigenvalue weighted by molar-refractivity contribution is -0.142. The van der Waals surface area contributed by atoms with Crippen molar-refractivity contribution in [1.82, 2.24) is 9.97 Å². The van der Waals surface area contributed by atoms with Crippen LogP contribution < -0.4 is 0 Å². The van der Waals surface area contributed by atoms with E-state index in [-0.39, 0.29) is 18.2 Å². The van der Waals surface area contributed by atoms with Crippen molar-refractivity contribution in [2.45, 2.75) is 13.3 Å². The molecule has 0 saturated carbocycles. The Morgan fingerprint density at radius 1 is 1.40 bits per heavy atom. The molecule has 6 heteroatoms. The van der Waals surface area contributed by atoms with Gasteiger partial charge in [0.25, 0.3) is 0 Å². The maximum atomic E-state index is 11.0. The fraction of sp³-hybridized carbons (Fsp3) is 0.333. The number of esters is 1. The Kier molecular flexibility index (Phi) is 3.73. The van der Waals surface area contributed by atoms with Gasteiger partial charge in [-0.15, -0.1) is 0 Å². The molecule has 1 N–H and O–H groups in total. The lowest BCUT2D eigenvalue weighted by atomic mass is 10.2. The zero-order valence-corrected chi connectivity index (χ0v) is 8.14. The SMILES string of the molecule is CCOC(=O)Cc1cnc(C(=O)O)nc1. The first-order valence-corrected chi connectivity index (χ1v) is 4.33. The first-order valence-electron chi connectivity index (χ1n) is 4.33. The average Bonchev–Trinajstić information content (AvgIpc) is 2.18. The van der Waals surface area contributed by atoms with Gasteiger partial charge in [-0.05, 0) is 12.5 Å². The van der Waals surface area contributed by atoms with Gasteiger partial charge in [-0.1, -0.05) is 0 Å². The molecule has 1 heterocycles. The molecular weight excluding hydrogens is 200 g/mol. The predicted octanol–water partition coefficient (Wildman–Crippen LogP) is 0.280. The Morgan fingerprint density at radius 2 is 2.00 bits per heavy atom. The first-order chi connectivity index (χ1) is 7.13. The maximum Gasteiger partial charge on any atom is 0.373 e. The van der Waals surface area contributed by atoms with Crippen molar-refractivity contribution in [3.8, 4) is 0 Å². The summed E-state index contributed by atoms with van der Waals surface area (Å²) in [6.45, 7) is 2.02. The van der Waals surface area contributed by atoms with Crippen LogP contribution in [0.1, 0.15) is 23.1 Å². The number of carboxylic acid groups (broad SMARTS) is 1. The molecule has 0 aliphatic carbocycles. The highest BCUT2D eigenvalue weighted by atomic mass is 16.5. The topological polar surface area (TPSA) is 89.4 Å². The van der Waals surface area contributed by atoms with Crippen molar-refractivity contribution < 1.29 is 19.4 Å². The molecule has 15 heavy (non-hydrogen) atoms. The van der Waals surface area contributed by atoms with E-state index in [0.29, 0.717) is 12.2 Å². The third kappa shape index (κ3) is 3.34. The fourth-order valence-electron chi connectivity index (χ4n) is 0.935. The Balaban J connectivity index is 2.64. The van der Waals surface area contributed by atoms with Gasteiger partial charge in [0.05, 0.1) is 13.0 Å². The largest absolute Gasteiger partial charge is 0.475 e. The number of ether oxygens (including phenoxy) is 1. The molecule has 0 amide bonds. The summed E-state index contributed by atoms with van der Waals surface area (Å²) in [5.74, 6) is -1.87. The van der Waals surface area contributed by atoms with Crippen LogP contribution in [-0.2, 0) is 16.0 Å². The molecule has 0 spiro atoms. The van der Waals surface area contributed by atoms with Crippen LogP contribution in [0.15, 0.2) is 12.4 Å². The third-order valence-electron chi connectivity index (χ3n) is 1.55. The van der Waals surface area contributed by atoms with Crippen LogP contribution in [0.3, 0.4) is 0 Å². The average molecular weight is 210 g/mol. The molecule has 0 aliphatic rings. The van der Waals surface area contributed by atoms with Gasteiger partial charge >= 0.3 is 11.9 Å². The van der Waals surface area contributed by atoms with Gasteiger partial charge in [0.2, 0.25) is 5.82 Å². The highest BCUT2D eigenvalue weighted by Crippen LogP contribution is 1.99. The molecule has 80 valence electrons. The van der Waals surface area contributed by atoms with Crippen LogP contribution in [0.2, 0.25) is 0 Å². The predicted molar refractivity (Wildman–Crippen MR) is 49.3 cm³/mol. The summed E-state index contributed by atoms with van der Waals surface area (Å²) in [7, 11) is 0. The smallest absolute Gasteiger partial charge is 0.373 e. The molecular formula is C9H10N2O4. The number of aromatic carboxylic acids is 1. The Morgan fingerprint density at radius 3 is 2.47 bits per heavy atom. The number of hydrogen-bond donors (Lipinski definition) is 1. The molecule has 0 aromatic carbocycles. The molecule has 0 saturated heterocycles. The first kappa shape index (κ1) is 11.1. The van der Waals surface area contributed by atoms with Crippen molar-refractivity contribution in [3.63, 3.8) is 0 Å². The van der Waals surface area contributed by atoms with Crippen LogP contribution >= 0.6 is 0 Å². The molecule has 0 aliphatic heterocycles. The highest BCUT2D eigenvalue weighted by molar-refractivity contribution is 5.83.